The van der Waals surface area contributed by atoms with Crippen molar-refractivity contribution in [2.24, 2.45) is 0 Å². The highest BCUT2D eigenvalue weighted by Crippen LogP contribution is 2.24. The van der Waals surface area contributed by atoms with Gasteiger partial charge in [-0.05, 0) is 48.6 Å². The van der Waals surface area contributed by atoms with Gasteiger partial charge in [-0.25, -0.2) is 4.79 Å². The van der Waals surface area contributed by atoms with Gasteiger partial charge in [0.15, 0.2) is 12.4 Å². The molecule has 0 amide bonds. The molecule has 25 heavy (non-hydrogen) atoms. The Hall–Kier alpha value is -2.76. The molecule has 0 atom stereocenters. The number of carbonyl (C=O) groups excluding carboxylic acids is 2. The second-order valence-corrected chi connectivity index (χ2v) is 5.71. The number of carbonyl (C=O) groups is 2. The zero-order valence-electron chi connectivity index (χ0n) is 13.3. The van der Waals surface area contributed by atoms with E-state index < -0.39 is 19.2 Å². The van der Waals surface area contributed by atoms with Crippen LogP contribution in [0.3, 0.4) is 0 Å². The van der Waals surface area contributed by atoms with Crippen molar-refractivity contribution in [1.82, 2.24) is 0 Å². The quantitative estimate of drug-likeness (QED) is 0.589. The van der Waals surface area contributed by atoms with E-state index >= 15 is 0 Å². The van der Waals surface area contributed by atoms with Gasteiger partial charge in [0, 0.05) is 5.56 Å². The summed E-state index contributed by atoms with van der Waals surface area (Å²) in [4.78, 5) is 24.3. The number of para-hydroxylation sites is 1. The smallest absolute Gasteiger partial charge is 0.387 e. The monoisotopic (exact) mass is 346 g/mol. The Balaban J connectivity index is 1.65. The number of aryl methyl sites for hydroxylation is 2. The lowest BCUT2D eigenvalue weighted by atomic mass is 10.0. The number of hydrogen-bond donors (Lipinski definition) is 0. The van der Waals surface area contributed by atoms with Gasteiger partial charge in [-0.3, -0.25) is 4.79 Å². The van der Waals surface area contributed by atoms with E-state index in [0.29, 0.717) is 5.56 Å². The van der Waals surface area contributed by atoms with Gasteiger partial charge in [0.2, 0.25) is 0 Å². The minimum Gasteiger partial charge on any atom is -0.454 e. The van der Waals surface area contributed by atoms with Crippen LogP contribution >= 0.6 is 0 Å². The third kappa shape index (κ3) is 4.02. The molecule has 3 rings (SSSR count). The van der Waals surface area contributed by atoms with Gasteiger partial charge in [-0.1, -0.05) is 24.3 Å². The highest BCUT2D eigenvalue weighted by molar-refractivity contribution is 6.00. The summed E-state index contributed by atoms with van der Waals surface area (Å²) in [6, 6.07) is 11.0. The topological polar surface area (TPSA) is 52.6 Å². The number of hydrogen-bond acceptors (Lipinski definition) is 4. The molecule has 1 aliphatic rings. The first kappa shape index (κ1) is 17.1. The van der Waals surface area contributed by atoms with E-state index in [1.54, 1.807) is 6.07 Å². The van der Waals surface area contributed by atoms with Gasteiger partial charge in [0.25, 0.3) is 0 Å². The summed E-state index contributed by atoms with van der Waals surface area (Å²) in [7, 11) is 0. The lowest BCUT2D eigenvalue weighted by Crippen LogP contribution is -2.16. The van der Waals surface area contributed by atoms with Crippen LogP contribution < -0.4 is 4.74 Å². The summed E-state index contributed by atoms with van der Waals surface area (Å²) in [5, 5.41) is 0. The fourth-order valence-corrected chi connectivity index (χ4v) is 2.87. The molecule has 0 unspecified atom stereocenters. The zero-order valence-corrected chi connectivity index (χ0v) is 13.3. The lowest BCUT2D eigenvalue weighted by molar-refractivity contribution is -0.0504. The molecule has 2 aromatic rings. The fourth-order valence-electron chi connectivity index (χ4n) is 2.87. The molecule has 130 valence electrons. The first-order valence-electron chi connectivity index (χ1n) is 7.90. The fraction of sp³-hybridized carbons (Fsp3) is 0.263. The van der Waals surface area contributed by atoms with Gasteiger partial charge in [-0.15, -0.1) is 0 Å². The van der Waals surface area contributed by atoms with Gasteiger partial charge >= 0.3 is 12.6 Å². The van der Waals surface area contributed by atoms with Gasteiger partial charge in [-0.2, -0.15) is 8.78 Å². The molecule has 0 radical (unpaired) electrons. The predicted molar refractivity (Wildman–Crippen MR) is 86.2 cm³/mol. The van der Waals surface area contributed by atoms with Gasteiger partial charge < -0.3 is 9.47 Å². The standard InChI is InChI=1S/C19H16F2O4/c20-19(21)25-17-7-2-1-6-15(17)18(23)24-11-16(22)14-9-8-12-4-3-5-13(12)10-14/h1-2,6-10,19H,3-5,11H2. The van der Waals surface area contributed by atoms with Gasteiger partial charge in [0.05, 0.1) is 0 Å². The highest BCUT2D eigenvalue weighted by atomic mass is 19.3. The maximum absolute atomic E-state index is 12.4. The number of benzene rings is 2. The molecule has 0 N–H and O–H groups in total. The number of Topliss-reactive ketones (excluding diaryl/α,β-unsaturated/α-hetero) is 1. The third-order valence-electron chi connectivity index (χ3n) is 4.08. The Morgan fingerprint density at radius 2 is 1.80 bits per heavy atom. The van der Waals surface area contributed by atoms with E-state index in [0.717, 1.165) is 24.8 Å². The normalized spacial score (nSPS) is 12.8. The minimum absolute atomic E-state index is 0.149. The van der Waals surface area contributed by atoms with Crippen LogP contribution in [0.4, 0.5) is 8.78 Å². The van der Waals surface area contributed by atoms with E-state index in [1.807, 2.05) is 12.1 Å². The van der Waals surface area contributed by atoms with Crippen molar-refractivity contribution in [2.45, 2.75) is 25.9 Å². The summed E-state index contributed by atoms with van der Waals surface area (Å²) in [6.45, 7) is -3.51. The molecule has 0 heterocycles. The predicted octanol–water partition coefficient (Wildman–Crippen LogP) is 3.82. The number of esters is 1. The number of fused-ring (bicyclic) bond motifs is 1. The first-order chi connectivity index (χ1) is 12.0. The number of alkyl halides is 2. The summed E-state index contributed by atoms with van der Waals surface area (Å²) < 4.78 is 34.0. The van der Waals surface area contributed by atoms with Crippen LogP contribution in [0.1, 0.15) is 38.3 Å². The molecule has 2 aromatic carbocycles. The minimum atomic E-state index is -3.05. The molecule has 0 fully saturated rings. The molecular weight excluding hydrogens is 330 g/mol. The number of rotatable bonds is 6. The molecular formula is C19H16F2O4. The Morgan fingerprint density at radius 3 is 2.60 bits per heavy atom. The summed E-state index contributed by atoms with van der Waals surface area (Å²) in [6.07, 6.45) is 3.02. The Morgan fingerprint density at radius 1 is 1.04 bits per heavy atom. The molecule has 0 saturated carbocycles. The highest BCUT2D eigenvalue weighted by Gasteiger charge is 2.19. The first-order valence-corrected chi connectivity index (χ1v) is 7.90. The maximum atomic E-state index is 12.4. The molecule has 0 aromatic heterocycles. The molecule has 1 aliphatic carbocycles. The lowest BCUT2D eigenvalue weighted by Gasteiger charge is -2.10. The van der Waals surface area contributed by atoms with Crippen LogP contribution in [0.5, 0.6) is 5.75 Å². The van der Waals surface area contributed by atoms with Crippen molar-refractivity contribution in [3.8, 4) is 5.75 Å². The molecule has 4 nitrogen and oxygen atoms in total. The van der Waals surface area contributed by atoms with Crippen LogP contribution in [0, 0.1) is 0 Å². The van der Waals surface area contributed by atoms with Gasteiger partial charge in [0.1, 0.15) is 11.3 Å². The molecule has 6 heteroatoms. The molecule has 0 spiro atoms. The molecule has 0 saturated heterocycles. The van der Waals surface area contributed by atoms with E-state index in [4.69, 9.17) is 4.74 Å². The summed E-state index contributed by atoms with van der Waals surface area (Å²) in [5.74, 6) is -1.51. The summed E-state index contributed by atoms with van der Waals surface area (Å²) in [5.41, 5.74) is 2.72. The SMILES string of the molecule is O=C(COC(=O)c1ccccc1OC(F)F)c1ccc2c(c1)CCC2. The molecule has 0 aliphatic heterocycles. The van der Waals surface area contributed by atoms with E-state index in [9.17, 15) is 18.4 Å². The van der Waals surface area contributed by atoms with Crippen molar-refractivity contribution in [3.05, 3.63) is 64.7 Å². The average Bonchev–Trinajstić information content (AvgIpc) is 3.07. The van der Waals surface area contributed by atoms with Crippen molar-refractivity contribution in [1.29, 1.82) is 0 Å². The Labute approximate surface area is 143 Å². The average molecular weight is 346 g/mol. The van der Waals surface area contributed by atoms with Crippen LogP contribution in [-0.4, -0.2) is 25.0 Å². The summed E-state index contributed by atoms with van der Waals surface area (Å²) >= 11 is 0. The van der Waals surface area contributed by atoms with E-state index in [1.165, 1.54) is 29.8 Å². The van der Waals surface area contributed by atoms with E-state index in [2.05, 4.69) is 4.74 Å². The van der Waals surface area contributed by atoms with Crippen molar-refractivity contribution < 1.29 is 27.8 Å². The second-order valence-electron chi connectivity index (χ2n) is 5.71. The number of ether oxygens (including phenoxy) is 2. The van der Waals surface area contributed by atoms with Crippen LogP contribution in [-0.2, 0) is 17.6 Å². The number of ketones is 1. The zero-order chi connectivity index (χ0) is 17.8. The van der Waals surface area contributed by atoms with E-state index in [-0.39, 0.29) is 17.1 Å². The molecule has 0 bridgehead atoms. The second kappa shape index (κ2) is 7.42. The van der Waals surface area contributed by atoms with Crippen molar-refractivity contribution in [2.75, 3.05) is 6.61 Å². The van der Waals surface area contributed by atoms with Crippen LogP contribution in [0.2, 0.25) is 0 Å². The van der Waals surface area contributed by atoms with Crippen molar-refractivity contribution in [3.63, 3.8) is 0 Å². The van der Waals surface area contributed by atoms with Crippen LogP contribution in [0.25, 0.3) is 0 Å². The Bertz CT molecular complexity index is 802. The number of halogens is 2. The Kier molecular flexibility index (Phi) is 5.07. The third-order valence-corrected chi connectivity index (χ3v) is 4.08. The van der Waals surface area contributed by atoms with Crippen molar-refractivity contribution >= 4 is 11.8 Å². The largest absolute Gasteiger partial charge is 0.454 e. The van der Waals surface area contributed by atoms with Crippen LogP contribution in [0.15, 0.2) is 42.5 Å². The maximum Gasteiger partial charge on any atom is 0.387 e.